The van der Waals surface area contributed by atoms with Crippen LogP contribution in [-0.2, 0) is 24.7 Å². The Labute approximate surface area is 197 Å². The van der Waals surface area contributed by atoms with Crippen LogP contribution in [0.25, 0.3) is 0 Å². The summed E-state index contributed by atoms with van der Waals surface area (Å²) >= 11 is 12.7. The van der Waals surface area contributed by atoms with Crippen molar-refractivity contribution >= 4 is 46.7 Å². The molecule has 1 atom stereocenters. The summed E-state index contributed by atoms with van der Waals surface area (Å²) in [5, 5.41) is 6.37. The van der Waals surface area contributed by atoms with Gasteiger partial charge in [-0.15, -0.1) is 0 Å². The van der Waals surface area contributed by atoms with Crippen molar-refractivity contribution < 1.29 is 19.1 Å². The Morgan fingerprint density at radius 2 is 1.78 bits per heavy atom. The summed E-state index contributed by atoms with van der Waals surface area (Å²) in [4.78, 5) is 39.9. The van der Waals surface area contributed by atoms with Gasteiger partial charge < -0.3 is 15.4 Å². The minimum absolute atomic E-state index is 0.0849. The lowest BCUT2D eigenvalue weighted by atomic mass is 9.83. The Morgan fingerprint density at radius 1 is 1.09 bits per heavy atom. The van der Waals surface area contributed by atoms with Crippen molar-refractivity contribution in [2.45, 2.75) is 31.9 Å². The molecule has 7 nitrogen and oxygen atoms in total. The van der Waals surface area contributed by atoms with Crippen molar-refractivity contribution in [3.8, 4) is 0 Å². The topological polar surface area (TPSA) is 87.7 Å². The zero-order valence-corrected chi connectivity index (χ0v) is 19.8. The number of hydrogen-bond acceptors (Lipinski definition) is 5. The number of amides is 2. The summed E-state index contributed by atoms with van der Waals surface area (Å²) in [7, 11) is 1.62. The van der Waals surface area contributed by atoms with E-state index in [2.05, 4.69) is 10.6 Å². The first-order valence-corrected chi connectivity index (χ1v) is 10.8. The van der Waals surface area contributed by atoms with E-state index in [4.69, 9.17) is 27.9 Å². The molecule has 2 aromatic carbocycles. The molecule has 1 unspecified atom stereocenters. The molecule has 2 aromatic rings. The number of nitrogens with zero attached hydrogens (tertiary/aromatic N) is 1. The summed E-state index contributed by atoms with van der Waals surface area (Å²) in [6, 6.07) is 11.8. The molecule has 2 N–H and O–H groups in total. The van der Waals surface area contributed by atoms with Crippen LogP contribution in [0.1, 0.15) is 31.9 Å². The molecular weight excluding hydrogens is 453 g/mol. The number of halogens is 2. The van der Waals surface area contributed by atoms with E-state index >= 15 is 0 Å². The third-order valence-corrected chi connectivity index (χ3v) is 5.38. The fraction of sp³-hybridized carbons (Fsp3) is 0.348. The van der Waals surface area contributed by atoms with Gasteiger partial charge in [-0.3, -0.25) is 19.3 Å². The van der Waals surface area contributed by atoms with Crippen LogP contribution in [0.2, 0.25) is 10.0 Å². The van der Waals surface area contributed by atoms with Crippen molar-refractivity contribution in [3.63, 3.8) is 0 Å². The molecule has 0 saturated carbocycles. The molecule has 9 heteroatoms. The van der Waals surface area contributed by atoms with Crippen LogP contribution in [-0.4, -0.2) is 48.4 Å². The van der Waals surface area contributed by atoms with E-state index in [0.717, 1.165) is 0 Å². The van der Waals surface area contributed by atoms with Crippen LogP contribution in [0.3, 0.4) is 0 Å². The van der Waals surface area contributed by atoms with Crippen molar-refractivity contribution in [1.29, 1.82) is 0 Å². The zero-order valence-electron chi connectivity index (χ0n) is 18.3. The Hall–Kier alpha value is -2.61. The monoisotopic (exact) mass is 477 g/mol. The van der Waals surface area contributed by atoms with E-state index in [1.54, 1.807) is 70.3 Å². The fourth-order valence-electron chi connectivity index (χ4n) is 3.64. The molecule has 0 saturated heterocycles. The first-order valence-electron chi connectivity index (χ1n) is 10.0. The van der Waals surface area contributed by atoms with Crippen LogP contribution in [0, 0.1) is 0 Å². The minimum Gasteiger partial charge on any atom is -0.459 e. The van der Waals surface area contributed by atoms with Gasteiger partial charge in [0.2, 0.25) is 5.91 Å². The lowest BCUT2D eigenvalue weighted by molar-refractivity contribution is -0.155. The van der Waals surface area contributed by atoms with Gasteiger partial charge in [0.25, 0.3) is 5.91 Å². The Kier molecular flexibility index (Phi) is 6.83. The molecule has 0 aliphatic carbocycles. The largest absolute Gasteiger partial charge is 0.459 e. The molecular formula is C23H25Cl2N3O4. The predicted molar refractivity (Wildman–Crippen MR) is 124 cm³/mol. The van der Waals surface area contributed by atoms with Gasteiger partial charge in [0, 0.05) is 26.9 Å². The van der Waals surface area contributed by atoms with Gasteiger partial charge in [0.05, 0.1) is 13.1 Å². The van der Waals surface area contributed by atoms with E-state index in [0.29, 0.717) is 26.9 Å². The number of nitrogens with one attached hydrogen (secondary N) is 2. The lowest BCUT2D eigenvalue weighted by Gasteiger charge is -2.31. The number of rotatable bonds is 6. The number of hydrogen-bond donors (Lipinski definition) is 2. The van der Waals surface area contributed by atoms with Gasteiger partial charge in [-0.1, -0.05) is 41.4 Å². The van der Waals surface area contributed by atoms with Gasteiger partial charge in [0.15, 0.2) is 5.54 Å². The Balaban J connectivity index is 1.90. The number of ether oxygens (including phenoxy) is 1. The molecule has 1 aliphatic heterocycles. The molecule has 0 spiro atoms. The third kappa shape index (κ3) is 5.06. The number of carbonyl (C=O) groups excluding carboxylic acids is 3. The highest BCUT2D eigenvalue weighted by molar-refractivity contribution is 6.32. The number of carbonyl (C=O) groups is 3. The quantitative estimate of drug-likeness (QED) is 0.620. The summed E-state index contributed by atoms with van der Waals surface area (Å²) in [5.74, 6) is -1.38. The second kappa shape index (κ2) is 9.10. The molecule has 0 aromatic heterocycles. The maximum Gasteiger partial charge on any atom is 0.320 e. The molecule has 1 aliphatic rings. The van der Waals surface area contributed by atoms with Crippen LogP contribution in [0.4, 0.5) is 5.69 Å². The summed E-state index contributed by atoms with van der Waals surface area (Å²) in [5.41, 5.74) is -0.752. The zero-order chi connectivity index (χ0) is 23.7. The number of esters is 1. The average Bonchev–Trinajstić information content (AvgIpc) is 2.92. The van der Waals surface area contributed by atoms with Gasteiger partial charge in [-0.25, -0.2) is 0 Å². The first-order chi connectivity index (χ1) is 14.9. The van der Waals surface area contributed by atoms with Crippen LogP contribution >= 0.6 is 23.2 Å². The average molecular weight is 478 g/mol. The molecule has 2 amide bonds. The summed E-state index contributed by atoms with van der Waals surface area (Å²) < 4.78 is 5.30. The van der Waals surface area contributed by atoms with Gasteiger partial charge >= 0.3 is 5.97 Å². The number of fused-ring (bicyclic) bond motifs is 1. The highest BCUT2D eigenvalue weighted by Crippen LogP contribution is 2.44. The summed E-state index contributed by atoms with van der Waals surface area (Å²) in [6.07, 6.45) is 0. The normalized spacial score (nSPS) is 17.7. The van der Waals surface area contributed by atoms with E-state index in [-0.39, 0.29) is 13.1 Å². The highest BCUT2D eigenvalue weighted by atomic mass is 35.5. The summed E-state index contributed by atoms with van der Waals surface area (Å²) in [6.45, 7) is 5.08. The smallest absolute Gasteiger partial charge is 0.320 e. The van der Waals surface area contributed by atoms with Crippen molar-refractivity contribution in [2.75, 3.05) is 25.5 Å². The first kappa shape index (κ1) is 24.0. The molecule has 1 heterocycles. The maximum absolute atomic E-state index is 13.3. The molecule has 0 radical (unpaired) electrons. The molecule has 3 rings (SSSR count). The van der Waals surface area contributed by atoms with Crippen LogP contribution in [0.5, 0.6) is 0 Å². The van der Waals surface area contributed by atoms with Crippen LogP contribution in [0.15, 0.2) is 42.5 Å². The molecule has 170 valence electrons. The van der Waals surface area contributed by atoms with Crippen molar-refractivity contribution in [3.05, 3.63) is 63.6 Å². The second-order valence-corrected chi connectivity index (χ2v) is 9.52. The van der Waals surface area contributed by atoms with Gasteiger partial charge in [-0.05, 0) is 52.1 Å². The standard InChI is InChI=1S/C23H25Cl2N3O4/c1-22(2,3)32-20(30)13-28(4)12-19(29)27-23(15-7-5-6-8-17(15)25)16-11-14(24)9-10-18(16)26-21(23)31/h5-11H,12-13H2,1-4H3,(H,26,31)(H,27,29). The predicted octanol–water partition coefficient (Wildman–Crippen LogP) is 3.58. The van der Waals surface area contributed by atoms with Crippen LogP contribution < -0.4 is 10.6 Å². The second-order valence-electron chi connectivity index (χ2n) is 8.68. The number of likely N-dealkylation sites (N-methyl/N-ethyl adjacent to an activating group) is 1. The molecule has 0 bridgehead atoms. The van der Waals surface area contributed by atoms with E-state index in [1.807, 2.05) is 0 Å². The van der Waals surface area contributed by atoms with E-state index in [9.17, 15) is 14.4 Å². The lowest BCUT2D eigenvalue weighted by Crippen LogP contribution is -2.54. The molecule has 0 fully saturated rings. The Bertz CT molecular complexity index is 1070. The fourth-order valence-corrected chi connectivity index (χ4v) is 4.09. The number of benzene rings is 2. The third-order valence-electron chi connectivity index (χ3n) is 4.81. The van der Waals surface area contributed by atoms with E-state index in [1.165, 1.54) is 4.90 Å². The number of anilines is 1. The Morgan fingerprint density at radius 3 is 2.44 bits per heavy atom. The van der Waals surface area contributed by atoms with Crippen molar-refractivity contribution in [1.82, 2.24) is 10.2 Å². The van der Waals surface area contributed by atoms with Gasteiger partial charge in [0.1, 0.15) is 5.60 Å². The SMILES string of the molecule is CN(CC(=O)NC1(c2ccccc2Cl)C(=O)Nc2ccc(Cl)cc21)CC(=O)OC(C)(C)C. The molecule has 32 heavy (non-hydrogen) atoms. The van der Waals surface area contributed by atoms with E-state index < -0.39 is 28.9 Å². The van der Waals surface area contributed by atoms with Crippen molar-refractivity contribution in [2.24, 2.45) is 0 Å². The maximum atomic E-state index is 13.3. The highest BCUT2D eigenvalue weighted by Gasteiger charge is 2.50. The minimum atomic E-state index is -1.57. The van der Waals surface area contributed by atoms with Gasteiger partial charge in [-0.2, -0.15) is 0 Å².